The van der Waals surface area contributed by atoms with Crippen LogP contribution in [0.25, 0.3) is 6.08 Å². The van der Waals surface area contributed by atoms with Crippen LogP contribution in [0.4, 0.5) is 11.4 Å². The van der Waals surface area contributed by atoms with Crippen molar-refractivity contribution in [1.29, 1.82) is 0 Å². The van der Waals surface area contributed by atoms with Crippen LogP contribution in [0.3, 0.4) is 0 Å². The second-order valence-corrected chi connectivity index (χ2v) is 6.86. The molecule has 26 heavy (non-hydrogen) atoms. The predicted molar refractivity (Wildman–Crippen MR) is 105 cm³/mol. The Kier molecular flexibility index (Phi) is 5.68. The molecule has 1 heterocycles. The molecule has 0 saturated carbocycles. The zero-order chi connectivity index (χ0) is 18.5. The zero-order valence-corrected chi connectivity index (χ0v) is 15.6. The molecule has 0 bridgehead atoms. The van der Waals surface area contributed by atoms with Gasteiger partial charge in [0.05, 0.1) is 4.92 Å². The van der Waals surface area contributed by atoms with Gasteiger partial charge < -0.3 is 9.80 Å². The van der Waals surface area contributed by atoms with E-state index < -0.39 is 0 Å². The Hall–Kier alpha value is -2.67. The Morgan fingerprint density at radius 2 is 1.81 bits per heavy atom. The average molecular weight is 416 g/mol. The van der Waals surface area contributed by atoms with E-state index in [2.05, 4.69) is 15.9 Å². The molecule has 1 amide bonds. The van der Waals surface area contributed by atoms with Crippen molar-refractivity contribution < 1.29 is 9.72 Å². The molecule has 2 aromatic rings. The minimum atomic E-state index is -0.367. The molecule has 3 rings (SSSR count). The monoisotopic (exact) mass is 415 g/mol. The Labute approximate surface area is 160 Å². The van der Waals surface area contributed by atoms with Gasteiger partial charge in [0.1, 0.15) is 5.69 Å². The molecule has 0 N–H and O–H groups in total. The lowest BCUT2D eigenvalue weighted by atomic mass is 10.2. The minimum absolute atomic E-state index is 0.0489. The molecule has 1 aliphatic rings. The minimum Gasteiger partial charge on any atom is -0.362 e. The number of benzene rings is 2. The highest BCUT2D eigenvalue weighted by atomic mass is 79.9. The Morgan fingerprint density at radius 1 is 1.08 bits per heavy atom. The van der Waals surface area contributed by atoms with Crippen LogP contribution in [-0.2, 0) is 4.79 Å². The summed E-state index contributed by atoms with van der Waals surface area (Å²) in [5.74, 6) is -0.0489. The number of carbonyl (C=O) groups excluding carboxylic acids is 1. The molecule has 1 fully saturated rings. The standard InChI is InChI=1S/C19H18BrN3O3/c20-16-5-3-4-15(14-16)8-9-19(24)22-12-10-21(11-13-22)17-6-1-2-7-18(17)23(25)26/h1-9,14H,10-13H2/b9-8+. The number of para-hydroxylation sites is 2. The molecule has 0 aromatic heterocycles. The van der Waals surface area contributed by atoms with E-state index in [4.69, 9.17) is 0 Å². The number of anilines is 1. The van der Waals surface area contributed by atoms with Crippen molar-refractivity contribution in [3.05, 3.63) is 74.8 Å². The fourth-order valence-electron chi connectivity index (χ4n) is 2.94. The maximum Gasteiger partial charge on any atom is 0.292 e. The van der Waals surface area contributed by atoms with Crippen LogP contribution in [0.1, 0.15) is 5.56 Å². The Balaban J connectivity index is 1.62. The van der Waals surface area contributed by atoms with Crippen LogP contribution in [0.15, 0.2) is 59.1 Å². The van der Waals surface area contributed by atoms with Crippen molar-refractivity contribution in [3.63, 3.8) is 0 Å². The summed E-state index contributed by atoms with van der Waals surface area (Å²) in [6.45, 7) is 2.21. The molecule has 0 radical (unpaired) electrons. The number of rotatable bonds is 4. The van der Waals surface area contributed by atoms with Crippen molar-refractivity contribution >= 4 is 39.3 Å². The summed E-state index contributed by atoms with van der Waals surface area (Å²) in [5, 5.41) is 11.2. The van der Waals surface area contributed by atoms with Gasteiger partial charge in [-0.1, -0.05) is 40.2 Å². The zero-order valence-electron chi connectivity index (χ0n) is 14.0. The van der Waals surface area contributed by atoms with Crippen molar-refractivity contribution in [2.45, 2.75) is 0 Å². The maximum absolute atomic E-state index is 12.4. The summed E-state index contributed by atoms with van der Waals surface area (Å²) in [7, 11) is 0. The first kappa shape index (κ1) is 18.1. The second-order valence-electron chi connectivity index (χ2n) is 5.95. The van der Waals surface area contributed by atoms with Gasteiger partial charge >= 0.3 is 0 Å². The van der Waals surface area contributed by atoms with Gasteiger partial charge in [-0.2, -0.15) is 0 Å². The van der Waals surface area contributed by atoms with Crippen LogP contribution in [0, 0.1) is 10.1 Å². The van der Waals surface area contributed by atoms with Crippen molar-refractivity contribution in [1.82, 2.24) is 4.90 Å². The van der Waals surface area contributed by atoms with E-state index in [9.17, 15) is 14.9 Å². The number of hydrogen-bond acceptors (Lipinski definition) is 4. The van der Waals surface area contributed by atoms with E-state index in [1.165, 1.54) is 6.07 Å². The van der Waals surface area contributed by atoms with Crippen LogP contribution in [-0.4, -0.2) is 41.9 Å². The SMILES string of the molecule is O=C(/C=C/c1cccc(Br)c1)N1CCN(c2ccccc2[N+](=O)[O-])CC1. The smallest absolute Gasteiger partial charge is 0.292 e. The summed E-state index contributed by atoms with van der Waals surface area (Å²) < 4.78 is 0.963. The third-order valence-corrected chi connectivity index (χ3v) is 4.77. The molecular formula is C19H18BrN3O3. The fraction of sp³-hybridized carbons (Fsp3) is 0.211. The van der Waals surface area contributed by atoms with Gasteiger partial charge in [-0.15, -0.1) is 0 Å². The van der Waals surface area contributed by atoms with E-state index in [1.807, 2.05) is 29.2 Å². The number of hydrogen-bond donors (Lipinski definition) is 0. The van der Waals surface area contributed by atoms with Gasteiger partial charge in [-0.3, -0.25) is 14.9 Å². The van der Waals surface area contributed by atoms with E-state index in [1.54, 1.807) is 35.3 Å². The maximum atomic E-state index is 12.4. The number of halogens is 1. The molecule has 1 saturated heterocycles. The number of amides is 1. The summed E-state index contributed by atoms with van der Waals surface area (Å²) in [6.07, 6.45) is 3.36. The quantitative estimate of drug-likeness (QED) is 0.433. The number of carbonyl (C=O) groups is 1. The molecule has 2 aromatic carbocycles. The van der Waals surface area contributed by atoms with E-state index in [0.29, 0.717) is 31.9 Å². The lowest BCUT2D eigenvalue weighted by Crippen LogP contribution is -2.48. The highest BCUT2D eigenvalue weighted by Crippen LogP contribution is 2.28. The molecule has 0 spiro atoms. The summed E-state index contributed by atoms with van der Waals surface area (Å²) >= 11 is 3.41. The fourth-order valence-corrected chi connectivity index (χ4v) is 3.35. The van der Waals surface area contributed by atoms with E-state index >= 15 is 0 Å². The summed E-state index contributed by atoms with van der Waals surface area (Å²) in [6, 6.07) is 14.4. The van der Waals surface area contributed by atoms with E-state index in [0.717, 1.165) is 10.0 Å². The lowest BCUT2D eigenvalue weighted by molar-refractivity contribution is -0.384. The normalized spacial score (nSPS) is 14.7. The van der Waals surface area contributed by atoms with Crippen molar-refractivity contribution in [2.24, 2.45) is 0 Å². The van der Waals surface area contributed by atoms with Crippen molar-refractivity contribution in [2.75, 3.05) is 31.1 Å². The van der Waals surface area contributed by atoms with Gasteiger partial charge in [0.2, 0.25) is 5.91 Å². The molecule has 6 nitrogen and oxygen atoms in total. The first-order valence-corrected chi connectivity index (χ1v) is 9.05. The van der Waals surface area contributed by atoms with Gasteiger partial charge in [0.25, 0.3) is 5.69 Å². The van der Waals surface area contributed by atoms with Gasteiger partial charge in [-0.25, -0.2) is 0 Å². The highest BCUT2D eigenvalue weighted by Gasteiger charge is 2.24. The van der Waals surface area contributed by atoms with Crippen LogP contribution < -0.4 is 4.90 Å². The van der Waals surface area contributed by atoms with E-state index in [-0.39, 0.29) is 16.5 Å². The number of nitro groups is 1. The third kappa shape index (κ3) is 4.29. The van der Waals surface area contributed by atoms with Crippen LogP contribution >= 0.6 is 15.9 Å². The predicted octanol–water partition coefficient (Wildman–Crippen LogP) is 3.72. The summed E-state index contributed by atoms with van der Waals surface area (Å²) in [4.78, 5) is 26.9. The largest absolute Gasteiger partial charge is 0.362 e. The number of nitro benzene ring substituents is 1. The molecule has 0 atom stereocenters. The molecule has 7 heteroatoms. The molecule has 0 unspecified atom stereocenters. The first-order valence-electron chi connectivity index (χ1n) is 8.25. The second kappa shape index (κ2) is 8.14. The molecule has 1 aliphatic heterocycles. The van der Waals surface area contributed by atoms with Crippen molar-refractivity contribution in [3.8, 4) is 0 Å². The Bertz CT molecular complexity index is 845. The molecule has 134 valence electrons. The van der Waals surface area contributed by atoms with Gasteiger partial charge in [-0.05, 0) is 29.8 Å². The Morgan fingerprint density at radius 3 is 2.50 bits per heavy atom. The number of piperazine rings is 1. The highest BCUT2D eigenvalue weighted by molar-refractivity contribution is 9.10. The topological polar surface area (TPSA) is 66.7 Å². The van der Waals surface area contributed by atoms with Crippen LogP contribution in [0.5, 0.6) is 0 Å². The number of nitrogens with zero attached hydrogens (tertiary/aromatic N) is 3. The van der Waals surface area contributed by atoms with Gasteiger partial charge in [0, 0.05) is 42.8 Å². The van der Waals surface area contributed by atoms with Gasteiger partial charge in [0.15, 0.2) is 0 Å². The molecule has 0 aliphatic carbocycles. The summed E-state index contributed by atoms with van der Waals surface area (Å²) in [5.41, 5.74) is 1.65. The third-order valence-electron chi connectivity index (χ3n) is 4.28. The first-order chi connectivity index (χ1) is 12.5. The van der Waals surface area contributed by atoms with Crippen LogP contribution in [0.2, 0.25) is 0 Å². The molecular weight excluding hydrogens is 398 g/mol. The average Bonchev–Trinajstić information content (AvgIpc) is 2.66. The lowest BCUT2D eigenvalue weighted by Gasteiger charge is -2.35.